The van der Waals surface area contributed by atoms with Gasteiger partial charge in [-0.05, 0) is 19.8 Å². The topological polar surface area (TPSA) is 88.1 Å². The number of amides is 1. The Balaban J connectivity index is 2.42. The highest BCUT2D eigenvalue weighted by atomic mass is 16.5. The fourth-order valence-electron chi connectivity index (χ4n) is 1.43. The molecule has 1 amide bonds. The third-order valence-electron chi connectivity index (χ3n) is 2.63. The summed E-state index contributed by atoms with van der Waals surface area (Å²) in [5.74, 6) is -0.356. The first-order chi connectivity index (χ1) is 7.08. The molecule has 1 unspecified atom stereocenters. The van der Waals surface area contributed by atoms with Crippen LogP contribution in [0.25, 0.3) is 0 Å². The summed E-state index contributed by atoms with van der Waals surface area (Å²) in [4.78, 5) is 11.7. The molecule has 15 heavy (non-hydrogen) atoms. The summed E-state index contributed by atoms with van der Waals surface area (Å²) in [6.07, 6.45) is 1.08. The molecule has 1 heterocycles. The van der Waals surface area contributed by atoms with E-state index in [9.17, 15) is 4.79 Å². The number of nitrogens with one attached hydrogen (secondary N) is 1. The molecule has 0 radical (unpaired) electrons. The minimum atomic E-state index is -0.812. The largest absolute Gasteiger partial charge is 0.381 e. The smallest absolute Gasteiger partial charge is 0.240 e. The summed E-state index contributed by atoms with van der Waals surface area (Å²) < 4.78 is 5.15. The minimum Gasteiger partial charge on any atom is -0.381 e. The van der Waals surface area contributed by atoms with E-state index in [1.54, 1.807) is 6.92 Å². The quantitative estimate of drug-likeness (QED) is 0.675. The number of nitrogens with two attached hydrogens (primary N) is 1. The molecule has 5 heteroatoms. The average Bonchev–Trinajstić information content (AvgIpc) is 2.26. The van der Waals surface area contributed by atoms with Crippen LogP contribution in [0.2, 0.25) is 0 Å². The van der Waals surface area contributed by atoms with Crippen molar-refractivity contribution in [3.05, 3.63) is 0 Å². The molecule has 1 saturated heterocycles. The zero-order valence-corrected chi connectivity index (χ0v) is 8.95. The van der Waals surface area contributed by atoms with E-state index in [-0.39, 0.29) is 11.8 Å². The van der Waals surface area contributed by atoms with E-state index in [1.165, 1.54) is 0 Å². The molecule has 1 aliphatic heterocycles. The van der Waals surface area contributed by atoms with Gasteiger partial charge in [-0.2, -0.15) is 5.26 Å². The van der Waals surface area contributed by atoms with Gasteiger partial charge < -0.3 is 15.8 Å². The summed E-state index contributed by atoms with van der Waals surface area (Å²) in [5.41, 5.74) is 5.14. The van der Waals surface area contributed by atoms with Crippen molar-refractivity contribution < 1.29 is 9.53 Å². The van der Waals surface area contributed by atoms with Crippen molar-refractivity contribution in [3.63, 3.8) is 0 Å². The third-order valence-corrected chi connectivity index (χ3v) is 2.63. The van der Waals surface area contributed by atoms with Gasteiger partial charge in [-0.25, -0.2) is 0 Å². The highest BCUT2D eigenvalue weighted by molar-refractivity contribution is 5.86. The molecule has 3 N–H and O–H groups in total. The van der Waals surface area contributed by atoms with Gasteiger partial charge in [-0.1, -0.05) is 0 Å². The van der Waals surface area contributed by atoms with Gasteiger partial charge in [-0.3, -0.25) is 4.79 Å². The van der Waals surface area contributed by atoms with Gasteiger partial charge >= 0.3 is 0 Å². The lowest BCUT2D eigenvalue weighted by Gasteiger charge is -2.31. The maximum atomic E-state index is 11.7. The Morgan fingerprint density at radius 1 is 1.67 bits per heavy atom. The molecule has 0 aromatic heterocycles. The maximum absolute atomic E-state index is 11.7. The summed E-state index contributed by atoms with van der Waals surface area (Å²) in [5, 5.41) is 11.3. The zero-order valence-electron chi connectivity index (χ0n) is 8.95. The van der Waals surface area contributed by atoms with Gasteiger partial charge in [0.1, 0.15) is 0 Å². The lowest BCUT2D eigenvalue weighted by molar-refractivity contribution is -0.129. The normalized spacial score (nSPS) is 21.4. The Morgan fingerprint density at radius 3 is 2.80 bits per heavy atom. The number of carbonyl (C=O) groups is 1. The van der Waals surface area contributed by atoms with E-state index < -0.39 is 5.54 Å². The van der Waals surface area contributed by atoms with Gasteiger partial charge in [0.15, 0.2) is 0 Å². The fourth-order valence-corrected chi connectivity index (χ4v) is 1.43. The summed E-state index contributed by atoms with van der Waals surface area (Å²) in [6, 6.07) is 2.06. The molecular weight excluding hydrogens is 194 g/mol. The lowest BCUT2D eigenvalue weighted by Crippen LogP contribution is -2.57. The van der Waals surface area contributed by atoms with E-state index in [2.05, 4.69) is 11.4 Å². The van der Waals surface area contributed by atoms with Crippen molar-refractivity contribution in [1.29, 1.82) is 5.26 Å². The number of hydrogen-bond acceptors (Lipinski definition) is 4. The van der Waals surface area contributed by atoms with Crippen LogP contribution in [-0.2, 0) is 9.53 Å². The van der Waals surface area contributed by atoms with Crippen LogP contribution in [0.3, 0.4) is 0 Å². The number of nitriles is 1. The highest BCUT2D eigenvalue weighted by Crippen LogP contribution is 2.17. The third kappa shape index (κ3) is 3.18. The molecule has 1 rings (SSSR count). The molecule has 1 aliphatic rings. The first-order valence-corrected chi connectivity index (χ1v) is 5.13. The van der Waals surface area contributed by atoms with Gasteiger partial charge in [0.2, 0.25) is 5.91 Å². The molecule has 0 aromatic carbocycles. The molecule has 0 aromatic rings. The maximum Gasteiger partial charge on any atom is 0.240 e. The van der Waals surface area contributed by atoms with Crippen LogP contribution in [0, 0.1) is 17.2 Å². The Labute approximate surface area is 89.6 Å². The predicted molar refractivity (Wildman–Crippen MR) is 54.8 cm³/mol. The average molecular weight is 211 g/mol. The number of nitrogens with zero attached hydrogens (tertiary/aromatic N) is 1. The van der Waals surface area contributed by atoms with Crippen LogP contribution in [0.4, 0.5) is 0 Å². The first-order valence-electron chi connectivity index (χ1n) is 5.13. The van der Waals surface area contributed by atoms with Crippen molar-refractivity contribution in [2.75, 3.05) is 19.8 Å². The fraction of sp³-hybridized carbons (Fsp3) is 0.800. The molecule has 1 fully saturated rings. The Kier molecular flexibility index (Phi) is 4.06. The van der Waals surface area contributed by atoms with Crippen molar-refractivity contribution in [3.8, 4) is 6.07 Å². The van der Waals surface area contributed by atoms with Crippen LogP contribution >= 0.6 is 0 Å². The van der Waals surface area contributed by atoms with Gasteiger partial charge in [0.25, 0.3) is 0 Å². The van der Waals surface area contributed by atoms with Crippen molar-refractivity contribution in [2.24, 2.45) is 11.7 Å². The summed E-state index contributed by atoms with van der Waals surface area (Å²) in [7, 11) is 0. The van der Waals surface area contributed by atoms with E-state index in [1.807, 2.05) is 0 Å². The van der Waals surface area contributed by atoms with Crippen molar-refractivity contribution >= 4 is 5.91 Å². The molecule has 0 aliphatic carbocycles. The second-order valence-corrected chi connectivity index (χ2v) is 4.01. The highest BCUT2D eigenvalue weighted by Gasteiger charge is 2.35. The summed E-state index contributed by atoms with van der Waals surface area (Å²) >= 11 is 0. The lowest BCUT2D eigenvalue weighted by atomic mass is 9.90. The zero-order chi connectivity index (χ0) is 11.3. The molecular formula is C10H17N3O2. The number of carbonyl (C=O) groups excluding carboxylic acids is 1. The van der Waals surface area contributed by atoms with Crippen molar-refractivity contribution in [2.45, 2.75) is 25.3 Å². The second-order valence-electron chi connectivity index (χ2n) is 4.01. The van der Waals surface area contributed by atoms with Crippen LogP contribution in [-0.4, -0.2) is 31.2 Å². The monoisotopic (exact) mass is 211 g/mol. The van der Waals surface area contributed by atoms with Crippen molar-refractivity contribution in [1.82, 2.24) is 5.32 Å². The molecule has 0 bridgehead atoms. The number of ether oxygens (including phenoxy) is 1. The van der Waals surface area contributed by atoms with E-state index in [0.29, 0.717) is 32.6 Å². The van der Waals surface area contributed by atoms with Crippen LogP contribution in [0.1, 0.15) is 19.8 Å². The molecule has 1 atom stereocenters. The van der Waals surface area contributed by atoms with Gasteiger partial charge in [-0.15, -0.1) is 0 Å². The van der Waals surface area contributed by atoms with Crippen LogP contribution in [0.15, 0.2) is 0 Å². The van der Waals surface area contributed by atoms with Gasteiger partial charge in [0, 0.05) is 19.8 Å². The molecule has 5 nitrogen and oxygen atoms in total. The Morgan fingerprint density at radius 2 is 2.27 bits per heavy atom. The molecule has 0 spiro atoms. The second kappa shape index (κ2) is 5.10. The van der Waals surface area contributed by atoms with E-state index in [4.69, 9.17) is 15.7 Å². The van der Waals surface area contributed by atoms with E-state index in [0.717, 1.165) is 0 Å². The standard InChI is InChI=1S/C10H17N3O2/c1-8(6-11)7-13-9(14)10(12)2-4-15-5-3-10/h8H,2-5,7,12H2,1H3,(H,13,14). The molecule has 0 saturated carbocycles. The van der Waals surface area contributed by atoms with Crippen LogP contribution in [0.5, 0.6) is 0 Å². The van der Waals surface area contributed by atoms with E-state index >= 15 is 0 Å². The Bertz CT molecular complexity index is 266. The van der Waals surface area contributed by atoms with Gasteiger partial charge in [0.05, 0.1) is 17.5 Å². The number of rotatable bonds is 3. The minimum absolute atomic E-state index is 0.173. The Hall–Kier alpha value is -1.12. The SMILES string of the molecule is CC(C#N)CNC(=O)C1(N)CCOCC1. The summed E-state index contributed by atoms with van der Waals surface area (Å²) in [6.45, 7) is 3.16. The molecule has 84 valence electrons. The van der Waals surface area contributed by atoms with Crippen LogP contribution < -0.4 is 11.1 Å². The number of hydrogen-bond donors (Lipinski definition) is 2. The predicted octanol–water partition coefficient (Wildman–Crippen LogP) is -0.230. The first kappa shape index (κ1) is 12.0.